The van der Waals surface area contributed by atoms with Crippen molar-refractivity contribution in [1.82, 2.24) is 4.98 Å². The quantitative estimate of drug-likeness (QED) is 0.782. The second kappa shape index (κ2) is 5.75. The lowest BCUT2D eigenvalue weighted by Gasteiger charge is -2.21. The van der Waals surface area contributed by atoms with Crippen LogP contribution in [0.5, 0.6) is 0 Å². The maximum atomic E-state index is 5.49. The third-order valence-electron chi connectivity index (χ3n) is 2.63. The van der Waals surface area contributed by atoms with Crippen LogP contribution >= 0.6 is 0 Å². The highest BCUT2D eigenvalue weighted by molar-refractivity contribution is 5.26. The van der Waals surface area contributed by atoms with Crippen molar-refractivity contribution in [3.63, 3.8) is 0 Å². The standard InChI is InChI=1S/C11H21N3O/c1-4-9(3)7-14(5-2)11-13-10(6-12)8-15-11/h8-9H,4-7,12H2,1-3H3. The topological polar surface area (TPSA) is 55.3 Å². The number of hydrogen-bond acceptors (Lipinski definition) is 4. The second-order valence-electron chi connectivity index (χ2n) is 3.88. The first-order valence-corrected chi connectivity index (χ1v) is 5.60. The molecule has 0 aliphatic rings. The summed E-state index contributed by atoms with van der Waals surface area (Å²) >= 11 is 0. The zero-order valence-corrected chi connectivity index (χ0v) is 9.86. The molecule has 1 atom stereocenters. The van der Waals surface area contributed by atoms with E-state index in [-0.39, 0.29) is 0 Å². The Labute approximate surface area is 91.5 Å². The molecule has 4 nitrogen and oxygen atoms in total. The van der Waals surface area contributed by atoms with E-state index < -0.39 is 0 Å². The largest absolute Gasteiger partial charge is 0.432 e. The normalized spacial score (nSPS) is 12.8. The van der Waals surface area contributed by atoms with Gasteiger partial charge in [-0.3, -0.25) is 0 Å². The summed E-state index contributed by atoms with van der Waals surface area (Å²) < 4.78 is 5.39. The van der Waals surface area contributed by atoms with Crippen LogP contribution in [0.15, 0.2) is 10.7 Å². The van der Waals surface area contributed by atoms with Crippen molar-refractivity contribution in [1.29, 1.82) is 0 Å². The van der Waals surface area contributed by atoms with Crippen molar-refractivity contribution in [2.75, 3.05) is 18.0 Å². The molecule has 0 aliphatic carbocycles. The van der Waals surface area contributed by atoms with E-state index in [0.717, 1.165) is 18.8 Å². The fourth-order valence-corrected chi connectivity index (χ4v) is 1.38. The van der Waals surface area contributed by atoms with Crippen LogP contribution in [0.2, 0.25) is 0 Å². The van der Waals surface area contributed by atoms with Gasteiger partial charge in [0.25, 0.3) is 6.01 Å². The number of anilines is 1. The van der Waals surface area contributed by atoms with Gasteiger partial charge in [0.1, 0.15) is 6.26 Å². The van der Waals surface area contributed by atoms with Crippen LogP contribution in [-0.2, 0) is 6.54 Å². The van der Waals surface area contributed by atoms with Gasteiger partial charge >= 0.3 is 0 Å². The van der Waals surface area contributed by atoms with E-state index in [0.29, 0.717) is 18.5 Å². The molecule has 0 radical (unpaired) electrons. The summed E-state index contributed by atoms with van der Waals surface area (Å²) in [5.41, 5.74) is 6.30. The van der Waals surface area contributed by atoms with Gasteiger partial charge in [-0.1, -0.05) is 20.3 Å². The molecule has 1 rings (SSSR count). The first-order chi connectivity index (χ1) is 7.21. The fourth-order valence-electron chi connectivity index (χ4n) is 1.38. The minimum absolute atomic E-state index is 0.435. The summed E-state index contributed by atoms with van der Waals surface area (Å²) in [6.07, 6.45) is 2.80. The first kappa shape index (κ1) is 12.0. The highest BCUT2D eigenvalue weighted by Crippen LogP contribution is 2.15. The minimum atomic E-state index is 0.435. The molecule has 2 N–H and O–H groups in total. The third kappa shape index (κ3) is 3.23. The lowest BCUT2D eigenvalue weighted by molar-refractivity contribution is 0.490. The molecule has 0 aliphatic heterocycles. The molecule has 86 valence electrons. The minimum Gasteiger partial charge on any atom is -0.432 e. The van der Waals surface area contributed by atoms with Crippen LogP contribution in [0.4, 0.5) is 6.01 Å². The maximum absolute atomic E-state index is 5.49. The monoisotopic (exact) mass is 211 g/mol. The van der Waals surface area contributed by atoms with Crippen molar-refractivity contribution < 1.29 is 4.42 Å². The molecule has 1 aromatic rings. The van der Waals surface area contributed by atoms with E-state index >= 15 is 0 Å². The Morgan fingerprint density at radius 3 is 2.73 bits per heavy atom. The van der Waals surface area contributed by atoms with Gasteiger partial charge in [-0.15, -0.1) is 0 Å². The number of nitrogens with zero attached hydrogens (tertiary/aromatic N) is 2. The average Bonchev–Trinajstić information content (AvgIpc) is 2.73. The molecule has 1 aromatic heterocycles. The van der Waals surface area contributed by atoms with Crippen molar-refractivity contribution in [2.45, 2.75) is 33.7 Å². The molecule has 4 heteroatoms. The van der Waals surface area contributed by atoms with Crippen molar-refractivity contribution in [2.24, 2.45) is 11.7 Å². The number of rotatable bonds is 6. The smallest absolute Gasteiger partial charge is 0.297 e. The van der Waals surface area contributed by atoms with Gasteiger partial charge in [0, 0.05) is 19.6 Å². The molecule has 1 heterocycles. The highest BCUT2D eigenvalue weighted by atomic mass is 16.4. The van der Waals surface area contributed by atoms with Crippen molar-refractivity contribution in [3.8, 4) is 0 Å². The predicted molar refractivity (Wildman–Crippen MR) is 61.7 cm³/mol. The summed E-state index contributed by atoms with van der Waals surface area (Å²) in [4.78, 5) is 6.47. The van der Waals surface area contributed by atoms with E-state index in [2.05, 4.69) is 30.7 Å². The zero-order chi connectivity index (χ0) is 11.3. The van der Waals surface area contributed by atoms with Gasteiger partial charge in [-0.05, 0) is 12.8 Å². The van der Waals surface area contributed by atoms with Crippen molar-refractivity contribution in [3.05, 3.63) is 12.0 Å². The van der Waals surface area contributed by atoms with E-state index in [1.807, 2.05) is 0 Å². The van der Waals surface area contributed by atoms with E-state index in [1.165, 1.54) is 6.42 Å². The van der Waals surface area contributed by atoms with E-state index in [1.54, 1.807) is 6.26 Å². The Morgan fingerprint density at radius 2 is 2.27 bits per heavy atom. The Morgan fingerprint density at radius 1 is 1.53 bits per heavy atom. The van der Waals surface area contributed by atoms with Gasteiger partial charge < -0.3 is 15.1 Å². The number of nitrogens with two attached hydrogens (primary N) is 1. The van der Waals surface area contributed by atoms with Crippen LogP contribution in [-0.4, -0.2) is 18.1 Å². The second-order valence-corrected chi connectivity index (χ2v) is 3.88. The maximum Gasteiger partial charge on any atom is 0.297 e. The number of aromatic nitrogens is 1. The number of oxazole rings is 1. The van der Waals surface area contributed by atoms with Gasteiger partial charge in [-0.25, -0.2) is 0 Å². The summed E-state index contributed by atoms with van der Waals surface area (Å²) in [5, 5.41) is 0. The van der Waals surface area contributed by atoms with Crippen molar-refractivity contribution >= 4 is 6.01 Å². The molecule has 1 unspecified atom stereocenters. The Balaban J connectivity index is 2.65. The highest BCUT2D eigenvalue weighted by Gasteiger charge is 2.13. The Hall–Kier alpha value is -1.03. The average molecular weight is 211 g/mol. The number of hydrogen-bond donors (Lipinski definition) is 1. The predicted octanol–water partition coefficient (Wildman–Crippen LogP) is 2.01. The Bertz CT molecular complexity index is 285. The SMILES string of the molecule is CCC(C)CN(CC)c1nc(CN)co1. The summed E-state index contributed by atoms with van der Waals surface area (Å²) in [5.74, 6) is 0.651. The molecular weight excluding hydrogens is 190 g/mol. The third-order valence-corrected chi connectivity index (χ3v) is 2.63. The molecule has 0 spiro atoms. The summed E-state index contributed by atoms with van der Waals surface area (Å²) in [6, 6.07) is 0.693. The van der Waals surface area contributed by atoms with Gasteiger partial charge in [0.15, 0.2) is 0 Å². The lowest BCUT2D eigenvalue weighted by atomic mass is 10.1. The molecule has 15 heavy (non-hydrogen) atoms. The van der Waals surface area contributed by atoms with Gasteiger partial charge in [0.05, 0.1) is 5.69 Å². The van der Waals surface area contributed by atoms with Crippen LogP contribution < -0.4 is 10.6 Å². The fraction of sp³-hybridized carbons (Fsp3) is 0.727. The van der Waals surface area contributed by atoms with Crippen LogP contribution in [0.25, 0.3) is 0 Å². The molecule has 0 amide bonds. The molecule has 0 fully saturated rings. The van der Waals surface area contributed by atoms with Gasteiger partial charge in [-0.2, -0.15) is 4.98 Å². The lowest BCUT2D eigenvalue weighted by Crippen LogP contribution is -2.28. The van der Waals surface area contributed by atoms with E-state index in [9.17, 15) is 0 Å². The molecule has 0 saturated heterocycles. The molecule has 0 saturated carbocycles. The van der Waals surface area contributed by atoms with Crippen LogP contribution in [0.1, 0.15) is 32.9 Å². The van der Waals surface area contributed by atoms with E-state index in [4.69, 9.17) is 10.2 Å². The summed E-state index contributed by atoms with van der Waals surface area (Å²) in [7, 11) is 0. The zero-order valence-electron chi connectivity index (χ0n) is 9.86. The molecular formula is C11H21N3O. The summed E-state index contributed by atoms with van der Waals surface area (Å²) in [6.45, 7) is 8.86. The van der Waals surface area contributed by atoms with Crippen LogP contribution in [0.3, 0.4) is 0 Å². The van der Waals surface area contributed by atoms with Gasteiger partial charge in [0.2, 0.25) is 0 Å². The Kier molecular flexibility index (Phi) is 4.62. The first-order valence-electron chi connectivity index (χ1n) is 5.60. The van der Waals surface area contributed by atoms with Crippen LogP contribution in [0, 0.1) is 5.92 Å². The molecule has 0 aromatic carbocycles. The molecule has 0 bridgehead atoms.